The van der Waals surface area contributed by atoms with Crippen LogP contribution in [-0.4, -0.2) is 52.2 Å². The van der Waals surface area contributed by atoms with Crippen molar-refractivity contribution in [1.29, 1.82) is 0 Å². The fraction of sp³-hybridized carbons (Fsp3) is 1.00. The van der Waals surface area contributed by atoms with E-state index in [-0.39, 0.29) is 24.3 Å². The van der Waals surface area contributed by atoms with Crippen molar-refractivity contribution >= 4 is 19.9 Å². The highest BCUT2D eigenvalue weighted by atomic mass is 32.2. The van der Waals surface area contributed by atoms with E-state index in [0.29, 0.717) is 0 Å². The molecule has 0 unspecified atom stereocenters. The summed E-state index contributed by atoms with van der Waals surface area (Å²) in [5.74, 6) is -0.122. The van der Waals surface area contributed by atoms with Gasteiger partial charge >= 0.3 is 0 Å². The molecule has 0 aliphatic carbocycles. The molecule has 1 saturated heterocycles. The van der Waals surface area contributed by atoms with E-state index < -0.39 is 25.1 Å². The Balaban J connectivity index is 2.77. The van der Waals surface area contributed by atoms with Crippen LogP contribution in [0.2, 0.25) is 0 Å². The molecular formula is C7H15NO5S2. The van der Waals surface area contributed by atoms with E-state index >= 15 is 0 Å². The summed E-state index contributed by atoms with van der Waals surface area (Å²) < 4.78 is 46.5. The summed E-state index contributed by atoms with van der Waals surface area (Å²) in [6, 6.07) is 0. The Morgan fingerprint density at radius 2 is 1.73 bits per heavy atom. The number of nitrogens with zero attached hydrogens (tertiary/aromatic N) is 1. The summed E-state index contributed by atoms with van der Waals surface area (Å²) in [5, 5.41) is -0.647. The van der Waals surface area contributed by atoms with Gasteiger partial charge in [-0.3, -0.25) is 4.84 Å². The van der Waals surface area contributed by atoms with Gasteiger partial charge in [0.25, 0.3) is 0 Å². The van der Waals surface area contributed by atoms with Crippen molar-refractivity contribution in [1.82, 2.24) is 4.47 Å². The highest BCUT2D eigenvalue weighted by Gasteiger charge is 2.35. The minimum Gasteiger partial charge on any atom is -0.288 e. The number of hydroxylamine groups is 1. The quantitative estimate of drug-likeness (QED) is 0.630. The van der Waals surface area contributed by atoms with Gasteiger partial charge in [0.15, 0.2) is 0 Å². The zero-order valence-corrected chi connectivity index (χ0v) is 10.3. The normalized spacial score (nSPS) is 23.1. The van der Waals surface area contributed by atoms with Gasteiger partial charge in [-0.25, -0.2) is 16.8 Å². The predicted molar refractivity (Wildman–Crippen MR) is 55.4 cm³/mol. The third-order valence-corrected chi connectivity index (χ3v) is 6.43. The molecule has 1 fully saturated rings. The molecule has 6 nitrogen and oxygen atoms in total. The highest BCUT2D eigenvalue weighted by Crippen LogP contribution is 2.21. The Morgan fingerprint density at radius 3 is 2.13 bits per heavy atom. The van der Waals surface area contributed by atoms with Crippen molar-refractivity contribution in [2.45, 2.75) is 18.1 Å². The minimum atomic E-state index is -3.52. The first kappa shape index (κ1) is 12.9. The molecule has 15 heavy (non-hydrogen) atoms. The molecule has 8 heteroatoms. The average Bonchev–Trinajstić information content (AvgIpc) is 2.15. The maximum atomic E-state index is 11.7. The third kappa shape index (κ3) is 2.90. The lowest BCUT2D eigenvalue weighted by molar-refractivity contribution is -0.0269. The molecule has 0 spiro atoms. The molecule has 0 bridgehead atoms. The van der Waals surface area contributed by atoms with Crippen LogP contribution in [0, 0.1) is 0 Å². The number of rotatable bonds is 3. The minimum absolute atomic E-state index is 0.0611. The monoisotopic (exact) mass is 257 g/mol. The molecule has 90 valence electrons. The molecule has 0 aromatic heterocycles. The summed E-state index contributed by atoms with van der Waals surface area (Å²) in [6.45, 7) is 0. The van der Waals surface area contributed by atoms with Crippen LogP contribution in [-0.2, 0) is 24.7 Å². The smallest absolute Gasteiger partial charge is 0.238 e. The zero-order chi connectivity index (χ0) is 11.7. The molecular weight excluding hydrogens is 242 g/mol. The Labute approximate surface area is 90.1 Å². The van der Waals surface area contributed by atoms with E-state index in [0.717, 1.165) is 4.47 Å². The second kappa shape index (κ2) is 4.36. The Kier molecular flexibility index (Phi) is 3.75. The van der Waals surface area contributed by atoms with Crippen LogP contribution in [0.5, 0.6) is 0 Å². The lowest BCUT2D eigenvalue weighted by Gasteiger charge is -2.25. The lowest BCUT2D eigenvalue weighted by atomic mass is 10.2. The molecule has 0 aromatic carbocycles. The van der Waals surface area contributed by atoms with Crippen molar-refractivity contribution < 1.29 is 21.7 Å². The molecule has 1 aliphatic heterocycles. The molecule has 0 N–H and O–H groups in total. The Morgan fingerprint density at radius 1 is 1.27 bits per heavy atom. The van der Waals surface area contributed by atoms with Crippen LogP contribution in [0.15, 0.2) is 0 Å². The van der Waals surface area contributed by atoms with Gasteiger partial charge in [-0.2, -0.15) is 0 Å². The maximum absolute atomic E-state index is 11.7. The van der Waals surface area contributed by atoms with Crippen LogP contribution < -0.4 is 0 Å². The van der Waals surface area contributed by atoms with Gasteiger partial charge < -0.3 is 0 Å². The SMILES string of the molecule is CON(C)S(=O)(=O)C1CCS(=O)(=O)CC1. The molecule has 1 heterocycles. The van der Waals surface area contributed by atoms with Gasteiger partial charge in [0.2, 0.25) is 10.0 Å². The van der Waals surface area contributed by atoms with E-state index in [9.17, 15) is 16.8 Å². The Hall–Kier alpha value is -0.180. The molecule has 0 atom stereocenters. The van der Waals surface area contributed by atoms with Crippen LogP contribution in [0.4, 0.5) is 0 Å². The summed E-state index contributed by atoms with van der Waals surface area (Å²) in [4.78, 5) is 4.62. The molecule has 1 aliphatic rings. The summed E-state index contributed by atoms with van der Waals surface area (Å²) in [7, 11) is -3.98. The number of hydrogen-bond acceptors (Lipinski definition) is 5. The molecule has 0 aromatic rings. The average molecular weight is 257 g/mol. The molecule has 0 saturated carbocycles. The third-order valence-electron chi connectivity index (χ3n) is 2.54. The van der Waals surface area contributed by atoms with Gasteiger partial charge in [0.1, 0.15) is 9.84 Å². The second-order valence-electron chi connectivity index (χ2n) is 3.49. The van der Waals surface area contributed by atoms with Crippen molar-refractivity contribution in [2.24, 2.45) is 0 Å². The van der Waals surface area contributed by atoms with Gasteiger partial charge in [-0.15, -0.1) is 0 Å². The van der Waals surface area contributed by atoms with Crippen molar-refractivity contribution in [3.8, 4) is 0 Å². The highest BCUT2D eigenvalue weighted by molar-refractivity contribution is 7.92. The lowest BCUT2D eigenvalue weighted by Crippen LogP contribution is -2.40. The number of hydrogen-bond donors (Lipinski definition) is 0. The summed E-state index contributed by atoms with van der Waals surface area (Å²) >= 11 is 0. The number of sulfonamides is 1. The van der Waals surface area contributed by atoms with Crippen LogP contribution >= 0.6 is 0 Å². The van der Waals surface area contributed by atoms with Crippen molar-refractivity contribution in [2.75, 3.05) is 25.7 Å². The topological polar surface area (TPSA) is 80.8 Å². The summed E-state index contributed by atoms with van der Waals surface area (Å²) in [6.07, 6.45) is 0.302. The summed E-state index contributed by atoms with van der Waals surface area (Å²) in [5.41, 5.74) is 0. The van der Waals surface area contributed by atoms with Crippen LogP contribution in [0.3, 0.4) is 0 Å². The zero-order valence-electron chi connectivity index (χ0n) is 8.71. The van der Waals surface area contributed by atoms with E-state index in [1.54, 1.807) is 0 Å². The van der Waals surface area contributed by atoms with Gasteiger partial charge in [-0.05, 0) is 12.8 Å². The number of sulfone groups is 1. The molecule has 1 rings (SSSR count). The van der Waals surface area contributed by atoms with Gasteiger partial charge in [0.05, 0.1) is 23.9 Å². The molecule has 0 amide bonds. The first-order chi connectivity index (χ1) is 6.79. The van der Waals surface area contributed by atoms with E-state index in [1.165, 1.54) is 14.2 Å². The van der Waals surface area contributed by atoms with Crippen LogP contribution in [0.1, 0.15) is 12.8 Å². The maximum Gasteiger partial charge on any atom is 0.238 e. The molecule has 0 radical (unpaired) electrons. The predicted octanol–water partition coefficient (Wildman–Crippen LogP) is -0.613. The van der Waals surface area contributed by atoms with E-state index in [2.05, 4.69) is 4.84 Å². The second-order valence-corrected chi connectivity index (χ2v) is 8.00. The van der Waals surface area contributed by atoms with Gasteiger partial charge in [0, 0.05) is 7.05 Å². The van der Waals surface area contributed by atoms with Crippen molar-refractivity contribution in [3.63, 3.8) is 0 Å². The fourth-order valence-corrected chi connectivity index (χ4v) is 4.73. The first-order valence-electron chi connectivity index (χ1n) is 4.52. The first-order valence-corrected chi connectivity index (χ1v) is 7.84. The van der Waals surface area contributed by atoms with Gasteiger partial charge in [-0.1, -0.05) is 4.47 Å². The van der Waals surface area contributed by atoms with Crippen molar-refractivity contribution in [3.05, 3.63) is 0 Å². The largest absolute Gasteiger partial charge is 0.288 e. The Bertz CT molecular complexity index is 399. The van der Waals surface area contributed by atoms with E-state index in [4.69, 9.17) is 0 Å². The standard InChI is InChI=1S/C7H15NO5S2/c1-8(13-2)15(11,12)7-3-5-14(9,10)6-4-7/h7H,3-6H2,1-2H3. The van der Waals surface area contributed by atoms with E-state index in [1.807, 2.05) is 0 Å². The van der Waals surface area contributed by atoms with Crippen LogP contribution in [0.25, 0.3) is 0 Å². The fourth-order valence-electron chi connectivity index (χ4n) is 1.48.